The molecule has 0 saturated carbocycles. The molecule has 0 spiro atoms. The summed E-state index contributed by atoms with van der Waals surface area (Å²) >= 11 is 0. The quantitative estimate of drug-likeness (QED) is 0.726. The molecule has 1 aromatic carbocycles. The first-order valence-corrected chi connectivity index (χ1v) is 8.81. The molecule has 0 heterocycles. The molecule has 1 amide bonds. The number of rotatable bonds is 7. The van der Waals surface area contributed by atoms with Crippen LogP contribution < -0.4 is 10.6 Å². The molecule has 0 bridgehead atoms. The maximum Gasteiger partial charge on any atom is 0.220 e. The molecular formula is C21H28N2O2. The Morgan fingerprint density at radius 2 is 1.96 bits per heavy atom. The minimum Gasteiger partial charge on any atom is -0.355 e. The zero-order chi connectivity index (χ0) is 18.6. The van der Waals surface area contributed by atoms with Crippen LogP contribution in [0.15, 0.2) is 47.7 Å². The topological polar surface area (TPSA) is 58.2 Å². The second kappa shape index (κ2) is 7.68. The van der Waals surface area contributed by atoms with Gasteiger partial charge in [-0.05, 0) is 29.5 Å². The Kier molecular flexibility index (Phi) is 5.83. The van der Waals surface area contributed by atoms with Crippen LogP contribution in [0.2, 0.25) is 0 Å². The third-order valence-electron chi connectivity index (χ3n) is 4.03. The lowest BCUT2D eigenvalue weighted by atomic mass is 9.84. The Labute approximate surface area is 150 Å². The number of ketones is 1. The number of hydrogen-bond acceptors (Lipinski definition) is 3. The molecule has 0 radical (unpaired) electrons. The summed E-state index contributed by atoms with van der Waals surface area (Å²) in [5.41, 5.74) is 4.12. The largest absolute Gasteiger partial charge is 0.355 e. The van der Waals surface area contributed by atoms with Gasteiger partial charge in [-0.1, -0.05) is 52.8 Å². The maximum atomic E-state index is 12.0. The van der Waals surface area contributed by atoms with Crippen molar-refractivity contribution in [3.05, 3.63) is 53.3 Å². The van der Waals surface area contributed by atoms with E-state index in [9.17, 15) is 9.59 Å². The van der Waals surface area contributed by atoms with Gasteiger partial charge in [-0.25, -0.2) is 0 Å². The zero-order valence-electron chi connectivity index (χ0n) is 15.7. The first-order chi connectivity index (χ1) is 11.7. The first-order valence-electron chi connectivity index (χ1n) is 8.81. The molecule has 4 nitrogen and oxygen atoms in total. The number of hydrogen-bond donors (Lipinski definition) is 2. The van der Waals surface area contributed by atoms with Gasteiger partial charge >= 0.3 is 0 Å². The van der Waals surface area contributed by atoms with Crippen molar-refractivity contribution in [2.75, 3.05) is 5.32 Å². The van der Waals surface area contributed by atoms with Crippen molar-refractivity contribution in [1.82, 2.24) is 5.32 Å². The van der Waals surface area contributed by atoms with Gasteiger partial charge in [0.25, 0.3) is 0 Å². The average Bonchev–Trinajstić information content (AvgIpc) is 2.54. The van der Waals surface area contributed by atoms with Gasteiger partial charge in [0.15, 0.2) is 5.78 Å². The zero-order valence-corrected chi connectivity index (χ0v) is 15.7. The molecule has 0 unspecified atom stereocenters. The van der Waals surface area contributed by atoms with E-state index < -0.39 is 0 Å². The van der Waals surface area contributed by atoms with Gasteiger partial charge in [0.2, 0.25) is 5.91 Å². The molecular weight excluding hydrogens is 312 g/mol. The Hall–Kier alpha value is -2.36. The third kappa shape index (κ3) is 5.05. The Bertz CT molecular complexity index is 724. The normalized spacial score (nSPS) is 14.4. The van der Waals surface area contributed by atoms with Crippen LogP contribution in [0.3, 0.4) is 0 Å². The van der Waals surface area contributed by atoms with E-state index in [0.717, 1.165) is 35.4 Å². The molecule has 25 heavy (non-hydrogen) atoms. The Morgan fingerprint density at radius 1 is 1.24 bits per heavy atom. The molecule has 0 aliphatic heterocycles. The summed E-state index contributed by atoms with van der Waals surface area (Å²) in [7, 11) is 0. The van der Waals surface area contributed by atoms with Gasteiger partial charge in [0.05, 0.1) is 5.70 Å². The predicted octanol–water partition coefficient (Wildman–Crippen LogP) is 4.34. The highest BCUT2D eigenvalue weighted by molar-refractivity contribution is 6.20. The van der Waals surface area contributed by atoms with Gasteiger partial charge in [-0.3, -0.25) is 9.59 Å². The van der Waals surface area contributed by atoms with Crippen LogP contribution in [-0.2, 0) is 16.1 Å². The van der Waals surface area contributed by atoms with Crippen molar-refractivity contribution < 1.29 is 9.59 Å². The van der Waals surface area contributed by atoms with E-state index in [2.05, 4.69) is 24.1 Å². The van der Waals surface area contributed by atoms with Crippen LogP contribution in [0.25, 0.3) is 0 Å². The number of amides is 1. The molecule has 4 heteroatoms. The van der Waals surface area contributed by atoms with Crippen LogP contribution in [0.4, 0.5) is 5.69 Å². The fourth-order valence-corrected chi connectivity index (χ4v) is 2.82. The summed E-state index contributed by atoms with van der Waals surface area (Å²) in [5.74, 6) is 0.117. The second-order valence-electron chi connectivity index (χ2n) is 7.75. The predicted molar refractivity (Wildman–Crippen MR) is 102 cm³/mol. The summed E-state index contributed by atoms with van der Waals surface area (Å²) in [6.07, 6.45) is 2.20. The van der Waals surface area contributed by atoms with Gasteiger partial charge in [0, 0.05) is 29.8 Å². The highest BCUT2D eigenvalue weighted by Crippen LogP contribution is 2.33. The fraction of sp³-hybridized carbons (Fsp3) is 0.429. The number of nitrogens with one attached hydrogen (secondary N) is 2. The maximum absolute atomic E-state index is 12.0. The van der Waals surface area contributed by atoms with Crippen molar-refractivity contribution in [2.45, 2.75) is 53.5 Å². The number of benzene rings is 1. The third-order valence-corrected chi connectivity index (χ3v) is 4.03. The van der Waals surface area contributed by atoms with Crippen LogP contribution in [-0.4, -0.2) is 11.7 Å². The van der Waals surface area contributed by atoms with Crippen LogP contribution >= 0.6 is 0 Å². The lowest BCUT2D eigenvalue weighted by molar-refractivity contribution is -0.123. The van der Waals surface area contributed by atoms with Crippen molar-refractivity contribution in [3.63, 3.8) is 0 Å². The van der Waals surface area contributed by atoms with E-state index in [1.54, 1.807) is 0 Å². The van der Waals surface area contributed by atoms with E-state index in [0.29, 0.717) is 18.5 Å². The number of allylic oxidation sites excluding steroid dienone is 2. The average molecular weight is 340 g/mol. The lowest BCUT2D eigenvalue weighted by Gasteiger charge is -2.26. The van der Waals surface area contributed by atoms with E-state index in [1.807, 2.05) is 45.0 Å². The molecule has 0 atom stereocenters. The highest BCUT2D eigenvalue weighted by atomic mass is 16.1. The summed E-state index contributed by atoms with van der Waals surface area (Å²) < 4.78 is 0. The number of Topliss-reactive ketones (excluding diaryl/α,β-unsaturated/α-hetero) is 1. The van der Waals surface area contributed by atoms with E-state index in [1.165, 1.54) is 0 Å². The fourth-order valence-electron chi connectivity index (χ4n) is 2.82. The number of carbonyl (C=O) groups is 2. The monoisotopic (exact) mass is 340 g/mol. The lowest BCUT2D eigenvalue weighted by Crippen LogP contribution is -2.27. The standard InChI is InChI=1S/C21H28N2O2/c1-6-8-17-19(14(2)20(17)25)23-16-10-7-9-15(11-16)13-22-18(24)12-21(3,4)5/h7,9-11,23H,2,6,8,12-13H2,1,3-5H3,(H,22,24). The molecule has 2 rings (SSSR count). The molecule has 1 aliphatic carbocycles. The molecule has 0 saturated heterocycles. The molecule has 134 valence electrons. The van der Waals surface area contributed by atoms with Crippen molar-refractivity contribution in [1.29, 1.82) is 0 Å². The smallest absolute Gasteiger partial charge is 0.220 e. The number of carbonyl (C=O) groups excluding carboxylic acids is 2. The second-order valence-corrected chi connectivity index (χ2v) is 7.75. The minimum atomic E-state index is -0.0211. The van der Waals surface area contributed by atoms with E-state index >= 15 is 0 Å². The SMILES string of the molecule is C=C1C(=O)C(CCC)=C1Nc1cccc(CNC(=O)CC(C)(C)C)c1. The van der Waals surface area contributed by atoms with E-state index in [-0.39, 0.29) is 17.1 Å². The summed E-state index contributed by atoms with van der Waals surface area (Å²) in [6, 6.07) is 7.86. The van der Waals surface area contributed by atoms with Crippen LogP contribution in [0, 0.1) is 5.41 Å². The Morgan fingerprint density at radius 3 is 2.60 bits per heavy atom. The Balaban J connectivity index is 2.01. The van der Waals surface area contributed by atoms with Crippen molar-refractivity contribution in [3.8, 4) is 0 Å². The molecule has 1 aromatic rings. The first kappa shape index (κ1) is 19.0. The van der Waals surface area contributed by atoms with Gasteiger partial charge < -0.3 is 10.6 Å². The molecule has 0 fully saturated rings. The number of anilines is 1. The molecule has 1 aliphatic rings. The highest BCUT2D eigenvalue weighted by Gasteiger charge is 2.30. The van der Waals surface area contributed by atoms with Gasteiger partial charge in [-0.2, -0.15) is 0 Å². The molecule has 0 aromatic heterocycles. The molecule has 2 N–H and O–H groups in total. The van der Waals surface area contributed by atoms with Crippen LogP contribution in [0.1, 0.15) is 52.5 Å². The van der Waals surface area contributed by atoms with Crippen molar-refractivity contribution >= 4 is 17.4 Å². The van der Waals surface area contributed by atoms with Crippen molar-refractivity contribution in [2.24, 2.45) is 5.41 Å². The summed E-state index contributed by atoms with van der Waals surface area (Å²) in [6.45, 7) is 12.5. The minimum absolute atomic E-state index is 0.0211. The summed E-state index contributed by atoms with van der Waals surface area (Å²) in [4.78, 5) is 23.8. The van der Waals surface area contributed by atoms with Crippen LogP contribution in [0.5, 0.6) is 0 Å². The van der Waals surface area contributed by atoms with Gasteiger partial charge in [0.1, 0.15) is 0 Å². The summed E-state index contributed by atoms with van der Waals surface area (Å²) in [5, 5.41) is 6.26. The van der Waals surface area contributed by atoms with Gasteiger partial charge in [-0.15, -0.1) is 0 Å². The van der Waals surface area contributed by atoms with E-state index in [4.69, 9.17) is 0 Å².